The zero-order valence-corrected chi connectivity index (χ0v) is 14.4. The number of hydrogen-bond acceptors (Lipinski definition) is 5. The molecule has 2 heterocycles. The molecule has 0 bridgehead atoms. The van der Waals surface area contributed by atoms with Gasteiger partial charge in [0.1, 0.15) is 22.8 Å². The molecule has 0 aliphatic heterocycles. The summed E-state index contributed by atoms with van der Waals surface area (Å²) in [5.41, 5.74) is 0.618. The molecule has 1 aromatic carbocycles. The van der Waals surface area contributed by atoms with E-state index in [2.05, 4.69) is 9.97 Å². The maximum absolute atomic E-state index is 12.2. The van der Waals surface area contributed by atoms with Gasteiger partial charge in [-0.2, -0.15) is 0 Å². The first-order valence-electron chi connectivity index (χ1n) is 7.51. The van der Waals surface area contributed by atoms with E-state index >= 15 is 0 Å². The minimum Gasteiger partial charge on any atom is -0.497 e. The summed E-state index contributed by atoms with van der Waals surface area (Å²) in [6.45, 7) is 0. The summed E-state index contributed by atoms with van der Waals surface area (Å²) in [6, 6.07) is 5.46. The van der Waals surface area contributed by atoms with Crippen molar-refractivity contribution in [2.45, 2.75) is 0 Å². The van der Waals surface area contributed by atoms with Crippen LogP contribution in [0.15, 0.2) is 27.8 Å². The average molecular weight is 342 g/mol. The highest BCUT2D eigenvalue weighted by Gasteiger charge is 2.12. The van der Waals surface area contributed by atoms with E-state index in [1.54, 1.807) is 33.4 Å². The van der Waals surface area contributed by atoms with Crippen LogP contribution in [-0.4, -0.2) is 33.3 Å². The van der Waals surface area contributed by atoms with Gasteiger partial charge in [-0.1, -0.05) is 6.08 Å². The van der Waals surface area contributed by atoms with E-state index in [0.717, 1.165) is 10.1 Å². The van der Waals surface area contributed by atoms with Crippen LogP contribution in [0.4, 0.5) is 0 Å². The zero-order chi connectivity index (χ0) is 18.1. The molecule has 2 aromatic heterocycles. The summed E-state index contributed by atoms with van der Waals surface area (Å²) in [4.78, 5) is 31.4. The zero-order valence-electron chi connectivity index (χ0n) is 14.4. The Morgan fingerprint density at radius 1 is 1.00 bits per heavy atom. The molecule has 1 N–H and O–H groups in total. The molecule has 0 aliphatic rings. The van der Waals surface area contributed by atoms with E-state index in [9.17, 15) is 9.59 Å². The largest absolute Gasteiger partial charge is 0.497 e. The van der Waals surface area contributed by atoms with Crippen molar-refractivity contribution in [1.29, 1.82) is 0 Å². The Morgan fingerprint density at radius 2 is 1.64 bits per heavy atom. The van der Waals surface area contributed by atoms with Crippen LogP contribution >= 0.6 is 0 Å². The Morgan fingerprint density at radius 3 is 2.24 bits per heavy atom. The van der Waals surface area contributed by atoms with Gasteiger partial charge in [-0.3, -0.25) is 13.9 Å². The van der Waals surface area contributed by atoms with E-state index in [4.69, 9.17) is 9.47 Å². The van der Waals surface area contributed by atoms with Gasteiger partial charge < -0.3 is 14.5 Å². The molecular weight excluding hydrogens is 324 g/mol. The lowest BCUT2D eigenvalue weighted by atomic mass is 10.2. The molecule has 0 saturated carbocycles. The van der Waals surface area contributed by atoms with Gasteiger partial charge in [0.05, 0.1) is 14.2 Å². The van der Waals surface area contributed by atoms with Gasteiger partial charge in [-0.05, 0) is 23.8 Å². The van der Waals surface area contributed by atoms with Crippen molar-refractivity contribution >= 4 is 23.3 Å². The van der Waals surface area contributed by atoms with Crippen LogP contribution in [0.2, 0.25) is 0 Å². The smallest absolute Gasteiger partial charge is 0.332 e. The number of H-pyrrole nitrogens is 1. The topological polar surface area (TPSA) is 91.1 Å². The summed E-state index contributed by atoms with van der Waals surface area (Å²) in [7, 11) is 6.17. The number of fused-ring (bicyclic) bond motifs is 1. The Kier molecular flexibility index (Phi) is 4.18. The molecule has 0 fully saturated rings. The average Bonchev–Trinajstić information content (AvgIpc) is 3.07. The summed E-state index contributed by atoms with van der Waals surface area (Å²) in [5.74, 6) is 1.80. The van der Waals surface area contributed by atoms with Crippen molar-refractivity contribution in [3.05, 3.63) is 50.4 Å². The highest BCUT2D eigenvalue weighted by atomic mass is 16.5. The molecule has 130 valence electrons. The minimum atomic E-state index is -0.419. The fourth-order valence-corrected chi connectivity index (χ4v) is 2.52. The molecule has 8 nitrogen and oxygen atoms in total. The predicted molar refractivity (Wildman–Crippen MR) is 95.0 cm³/mol. The molecule has 3 aromatic rings. The number of methoxy groups -OCH3 is 2. The van der Waals surface area contributed by atoms with Crippen LogP contribution in [0.5, 0.6) is 11.5 Å². The molecule has 0 spiro atoms. The first-order chi connectivity index (χ1) is 11.9. The van der Waals surface area contributed by atoms with Gasteiger partial charge in [0.15, 0.2) is 5.65 Å². The molecule has 25 heavy (non-hydrogen) atoms. The van der Waals surface area contributed by atoms with E-state index in [1.807, 2.05) is 18.2 Å². The van der Waals surface area contributed by atoms with Crippen LogP contribution in [0.3, 0.4) is 0 Å². The number of imidazole rings is 1. The fourth-order valence-electron chi connectivity index (χ4n) is 2.52. The molecule has 0 unspecified atom stereocenters. The monoisotopic (exact) mass is 342 g/mol. The van der Waals surface area contributed by atoms with Crippen LogP contribution in [-0.2, 0) is 14.1 Å². The third kappa shape index (κ3) is 2.93. The van der Waals surface area contributed by atoms with Crippen LogP contribution in [0, 0.1) is 0 Å². The van der Waals surface area contributed by atoms with Crippen molar-refractivity contribution in [2.75, 3.05) is 14.2 Å². The lowest BCUT2D eigenvalue weighted by Crippen LogP contribution is -2.36. The number of aromatic amines is 1. The second kappa shape index (κ2) is 6.31. The quantitative estimate of drug-likeness (QED) is 0.768. The Balaban J connectivity index is 2.06. The Bertz CT molecular complexity index is 1070. The van der Waals surface area contributed by atoms with Gasteiger partial charge in [0, 0.05) is 20.2 Å². The molecule has 0 saturated heterocycles. The molecular formula is C17H18N4O4. The van der Waals surface area contributed by atoms with Crippen LogP contribution in [0.1, 0.15) is 11.4 Å². The van der Waals surface area contributed by atoms with Crippen LogP contribution < -0.4 is 20.7 Å². The number of aryl methyl sites for hydroxylation is 1. The third-order valence-electron chi connectivity index (χ3n) is 3.92. The first-order valence-corrected chi connectivity index (χ1v) is 7.51. The highest BCUT2D eigenvalue weighted by Crippen LogP contribution is 2.23. The summed E-state index contributed by atoms with van der Waals surface area (Å²) in [5, 5.41) is 0. The number of rotatable bonds is 4. The maximum atomic E-state index is 12.2. The molecule has 0 radical (unpaired) electrons. The second-order valence-corrected chi connectivity index (χ2v) is 5.51. The fraction of sp³-hybridized carbons (Fsp3) is 0.235. The van der Waals surface area contributed by atoms with Crippen molar-refractivity contribution in [3.8, 4) is 11.5 Å². The maximum Gasteiger partial charge on any atom is 0.332 e. The summed E-state index contributed by atoms with van der Waals surface area (Å²) >= 11 is 0. The van der Waals surface area contributed by atoms with Gasteiger partial charge in [0.2, 0.25) is 0 Å². The summed E-state index contributed by atoms with van der Waals surface area (Å²) < 4.78 is 12.8. The van der Waals surface area contributed by atoms with E-state index in [-0.39, 0.29) is 5.52 Å². The van der Waals surface area contributed by atoms with Crippen molar-refractivity contribution in [2.24, 2.45) is 14.1 Å². The molecule has 8 heteroatoms. The number of ether oxygens (including phenoxy) is 2. The van der Waals surface area contributed by atoms with Gasteiger partial charge in [-0.25, -0.2) is 9.78 Å². The molecule has 0 amide bonds. The first kappa shape index (κ1) is 16.6. The molecule has 3 rings (SSSR count). The lowest BCUT2D eigenvalue weighted by Gasteiger charge is -2.05. The van der Waals surface area contributed by atoms with E-state index in [1.165, 1.54) is 11.6 Å². The number of hydrogen-bond donors (Lipinski definition) is 1. The number of aromatic nitrogens is 4. The lowest BCUT2D eigenvalue weighted by molar-refractivity contribution is 0.394. The van der Waals surface area contributed by atoms with Gasteiger partial charge in [-0.15, -0.1) is 0 Å². The predicted octanol–water partition coefficient (Wildman–Crippen LogP) is 1.15. The van der Waals surface area contributed by atoms with Crippen molar-refractivity contribution in [3.63, 3.8) is 0 Å². The van der Waals surface area contributed by atoms with Crippen LogP contribution in [0.25, 0.3) is 23.3 Å². The second-order valence-electron chi connectivity index (χ2n) is 5.51. The van der Waals surface area contributed by atoms with Crippen molar-refractivity contribution in [1.82, 2.24) is 19.1 Å². The van der Waals surface area contributed by atoms with Crippen molar-refractivity contribution < 1.29 is 9.47 Å². The van der Waals surface area contributed by atoms with Gasteiger partial charge in [0.25, 0.3) is 5.56 Å². The van der Waals surface area contributed by atoms with Gasteiger partial charge >= 0.3 is 5.69 Å². The number of benzene rings is 1. The third-order valence-corrected chi connectivity index (χ3v) is 3.92. The SMILES string of the molecule is COc1cc(/C=C/c2nc3c([nH]2)c(=O)n(C)c(=O)n3C)cc(OC)c1. The molecule has 0 atom stereocenters. The number of nitrogens with one attached hydrogen (secondary N) is 1. The normalized spacial score (nSPS) is 11.4. The Labute approximate surface area is 143 Å². The highest BCUT2D eigenvalue weighted by molar-refractivity contribution is 5.75. The number of nitrogens with zero attached hydrogens (tertiary/aromatic N) is 3. The minimum absolute atomic E-state index is 0.285. The Hall–Kier alpha value is -3.29. The van der Waals surface area contributed by atoms with E-state index in [0.29, 0.717) is 23.0 Å². The summed E-state index contributed by atoms with van der Waals surface area (Å²) in [6.07, 6.45) is 3.53. The standard InChI is InChI=1S/C17H18N4O4/c1-20-15-14(16(22)21(2)17(20)23)18-13(19-15)6-5-10-7-11(24-3)9-12(8-10)25-4/h5-9H,1-4H3,(H,18,19)/b6-5+. The van der Waals surface area contributed by atoms with E-state index < -0.39 is 11.2 Å². The molecule has 0 aliphatic carbocycles.